The van der Waals surface area contributed by atoms with Crippen molar-refractivity contribution in [2.45, 2.75) is 31.0 Å². The van der Waals surface area contributed by atoms with Gasteiger partial charge >= 0.3 is 0 Å². The second kappa shape index (κ2) is 9.14. The fraction of sp³-hybridized carbons (Fsp3) is 0.200. The van der Waals surface area contributed by atoms with Crippen LogP contribution in [0.25, 0.3) is 11.3 Å². The number of hydrogen-bond acceptors (Lipinski definition) is 6. The monoisotopic (exact) mass is 462 g/mol. The van der Waals surface area contributed by atoms with Crippen molar-refractivity contribution in [3.63, 3.8) is 0 Å². The second-order valence-corrected chi connectivity index (χ2v) is 9.32. The minimum absolute atomic E-state index is 0.219. The zero-order valence-corrected chi connectivity index (χ0v) is 18.9. The van der Waals surface area contributed by atoms with Crippen LogP contribution in [0, 0.1) is 25.2 Å². The van der Waals surface area contributed by atoms with E-state index in [4.69, 9.17) is 23.2 Å². The number of anilines is 1. The van der Waals surface area contributed by atoms with Crippen LogP contribution >= 0.6 is 46.3 Å². The Hall–Kier alpha value is -2.11. The van der Waals surface area contributed by atoms with E-state index in [0.717, 1.165) is 16.8 Å². The van der Waals surface area contributed by atoms with Crippen LogP contribution in [0.3, 0.4) is 0 Å². The van der Waals surface area contributed by atoms with Gasteiger partial charge in [-0.2, -0.15) is 5.26 Å². The molecule has 0 bridgehead atoms. The highest BCUT2D eigenvalue weighted by Crippen LogP contribution is 2.33. The summed E-state index contributed by atoms with van der Waals surface area (Å²) < 4.78 is 0. The van der Waals surface area contributed by atoms with Gasteiger partial charge in [-0.15, -0.1) is 11.3 Å². The van der Waals surface area contributed by atoms with Crippen molar-refractivity contribution >= 4 is 57.3 Å². The summed E-state index contributed by atoms with van der Waals surface area (Å²) in [7, 11) is 0. The van der Waals surface area contributed by atoms with Gasteiger partial charge in [-0.25, -0.2) is 9.97 Å². The predicted molar refractivity (Wildman–Crippen MR) is 120 cm³/mol. The van der Waals surface area contributed by atoms with Crippen LogP contribution in [0.2, 0.25) is 10.0 Å². The van der Waals surface area contributed by atoms with E-state index in [1.54, 1.807) is 25.1 Å². The summed E-state index contributed by atoms with van der Waals surface area (Å²) in [6.45, 7) is 5.49. The number of benzene rings is 1. The van der Waals surface area contributed by atoms with Gasteiger partial charge in [0.25, 0.3) is 0 Å². The van der Waals surface area contributed by atoms with E-state index in [1.807, 2.05) is 25.3 Å². The van der Waals surface area contributed by atoms with Gasteiger partial charge in [-0.3, -0.25) is 4.79 Å². The minimum Gasteiger partial charge on any atom is -0.301 e. The molecule has 0 aliphatic carbocycles. The first-order valence-corrected chi connectivity index (χ1v) is 11.1. The number of rotatable bonds is 5. The molecule has 2 heterocycles. The van der Waals surface area contributed by atoms with Crippen molar-refractivity contribution in [3.8, 4) is 17.3 Å². The Morgan fingerprint density at radius 3 is 2.72 bits per heavy atom. The predicted octanol–water partition coefficient (Wildman–Crippen LogP) is 6.12. The second-order valence-electron chi connectivity index (χ2n) is 6.28. The highest BCUT2D eigenvalue weighted by molar-refractivity contribution is 8.00. The first-order chi connectivity index (χ1) is 13.8. The summed E-state index contributed by atoms with van der Waals surface area (Å²) in [6.07, 6.45) is 0. The van der Waals surface area contributed by atoms with Crippen molar-refractivity contribution in [1.29, 1.82) is 5.26 Å². The van der Waals surface area contributed by atoms with Gasteiger partial charge in [-0.05, 0) is 50.6 Å². The Bertz CT molecular complexity index is 1120. The number of carbonyl (C=O) groups is 1. The third kappa shape index (κ3) is 5.09. The van der Waals surface area contributed by atoms with Crippen LogP contribution < -0.4 is 5.32 Å². The van der Waals surface area contributed by atoms with Crippen molar-refractivity contribution in [1.82, 2.24) is 9.97 Å². The maximum absolute atomic E-state index is 12.6. The standard InChI is InChI=1S/C20H16Cl2N4OS2/c1-10-6-11(2)24-19(15(10)8-23)29-12(3)18(27)26-20-25-17(9-28-20)14-5-4-13(21)7-16(14)22/h4-7,9,12H,1-3H3,(H,25,26,27). The minimum atomic E-state index is -0.456. The van der Waals surface area contributed by atoms with Crippen molar-refractivity contribution in [2.75, 3.05) is 5.32 Å². The molecule has 3 aromatic rings. The summed E-state index contributed by atoms with van der Waals surface area (Å²) in [4.78, 5) is 21.5. The molecule has 5 nitrogen and oxygen atoms in total. The molecular formula is C20H16Cl2N4OS2. The molecule has 148 valence electrons. The Kier molecular flexibility index (Phi) is 6.81. The van der Waals surface area contributed by atoms with E-state index in [0.29, 0.717) is 31.5 Å². The van der Waals surface area contributed by atoms with Gasteiger partial charge in [0.1, 0.15) is 11.1 Å². The SMILES string of the molecule is Cc1cc(C)c(C#N)c(SC(C)C(=O)Nc2nc(-c3ccc(Cl)cc3Cl)cs2)n1. The zero-order valence-electron chi connectivity index (χ0n) is 15.8. The highest BCUT2D eigenvalue weighted by Gasteiger charge is 2.20. The lowest BCUT2D eigenvalue weighted by Gasteiger charge is -2.12. The number of pyridine rings is 1. The zero-order chi connectivity index (χ0) is 21.1. The summed E-state index contributed by atoms with van der Waals surface area (Å²) in [5.41, 5.74) is 3.55. The molecule has 1 amide bonds. The largest absolute Gasteiger partial charge is 0.301 e. The van der Waals surface area contributed by atoms with Crippen LogP contribution in [0.1, 0.15) is 23.7 Å². The Labute approximate surface area is 187 Å². The third-order valence-electron chi connectivity index (χ3n) is 4.02. The number of hydrogen-bond donors (Lipinski definition) is 1. The lowest BCUT2D eigenvalue weighted by molar-refractivity contribution is -0.115. The Morgan fingerprint density at radius 1 is 1.28 bits per heavy atom. The summed E-state index contributed by atoms with van der Waals surface area (Å²) in [5, 5.41) is 15.6. The van der Waals surface area contributed by atoms with Crippen LogP contribution in [-0.2, 0) is 4.79 Å². The number of carbonyl (C=O) groups excluding carboxylic acids is 1. The topological polar surface area (TPSA) is 78.7 Å². The number of halogens is 2. The van der Waals surface area contributed by atoms with Gasteiger partial charge in [0.05, 0.1) is 21.5 Å². The first-order valence-electron chi connectivity index (χ1n) is 8.55. The molecule has 0 fully saturated rings. The number of nitrogens with one attached hydrogen (secondary N) is 1. The van der Waals surface area contributed by atoms with Crippen molar-refractivity contribution < 1.29 is 4.79 Å². The number of aromatic nitrogens is 2. The van der Waals surface area contributed by atoms with E-state index < -0.39 is 5.25 Å². The van der Waals surface area contributed by atoms with E-state index >= 15 is 0 Å². The lowest BCUT2D eigenvalue weighted by atomic mass is 10.1. The van der Waals surface area contributed by atoms with E-state index in [-0.39, 0.29) is 5.91 Å². The number of amides is 1. The van der Waals surface area contributed by atoms with Gasteiger partial charge < -0.3 is 5.32 Å². The molecule has 3 rings (SSSR count). The molecule has 29 heavy (non-hydrogen) atoms. The summed E-state index contributed by atoms with van der Waals surface area (Å²) in [6, 6.07) is 9.20. The van der Waals surface area contributed by atoms with Gasteiger partial charge in [0, 0.05) is 21.7 Å². The molecule has 1 unspecified atom stereocenters. The van der Waals surface area contributed by atoms with E-state index in [9.17, 15) is 10.1 Å². The fourth-order valence-electron chi connectivity index (χ4n) is 2.60. The molecule has 0 saturated carbocycles. The van der Waals surface area contributed by atoms with Crippen molar-refractivity contribution in [2.24, 2.45) is 0 Å². The fourth-order valence-corrected chi connectivity index (χ4v) is 4.84. The van der Waals surface area contributed by atoms with Crippen LogP contribution in [-0.4, -0.2) is 21.1 Å². The first kappa shape index (κ1) is 21.6. The molecule has 0 aliphatic rings. The van der Waals surface area contributed by atoms with Gasteiger partial charge in [-0.1, -0.05) is 35.0 Å². The van der Waals surface area contributed by atoms with Crippen molar-refractivity contribution in [3.05, 3.63) is 56.5 Å². The average molecular weight is 463 g/mol. The average Bonchev–Trinajstić information content (AvgIpc) is 3.09. The number of thiazole rings is 1. The number of nitriles is 1. The quantitative estimate of drug-likeness (QED) is 0.461. The highest BCUT2D eigenvalue weighted by atomic mass is 35.5. The smallest absolute Gasteiger partial charge is 0.239 e. The molecule has 0 saturated heterocycles. The normalized spacial score (nSPS) is 11.7. The van der Waals surface area contributed by atoms with E-state index in [2.05, 4.69) is 21.4 Å². The van der Waals surface area contributed by atoms with Crippen LogP contribution in [0.4, 0.5) is 5.13 Å². The van der Waals surface area contributed by atoms with Crippen LogP contribution in [0.5, 0.6) is 0 Å². The summed E-state index contributed by atoms with van der Waals surface area (Å²) >= 11 is 14.7. The number of nitrogens with zero attached hydrogens (tertiary/aromatic N) is 3. The maximum atomic E-state index is 12.6. The Balaban J connectivity index is 1.73. The molecule has 0 aliphatic heterocycles. The lowest BCUT2D eigenvalue weighted by Crippen LogP contribution is -2.22. The number of thioether (sulfide) groups is 1. The molecular weight excluding hydrogens is 447 g/mol. The molecule has 0 spiro atoms. The molecule has 0 radical (unpaired) electrons. The Morgan fingerprint density at radius 2 is 2.03 bits per heavy atom. The summed E-state index contributed by atoms with van der Waals surface area (Å²) in [5.74, 6) is -0.219. The molecule has 1 aromatic carbocycles. The van der Waals surface area contributed by atoms with Crippen LogP contribution in [0.15, 0.2) is 34.7 Å². The van der Waals surface area contributed by atoms with Gasteiger partial charge in [0.2, 0.25) is 5.91 Å². The third-order valence-corrected chi connectivity index (χ3v) is 6.41. The van der Waals surface area contributed by atoms with E-state index in [1.165, 1.54) is 23.1 Å². The molecule has 1 N–H and O–H groups in total. The van der Waals surface area contributed by atoms with Gasteiger partial charge in [0.15, 0.2) is 5.13 Å². The molecule has 2 aromatic heterocycles. The number of aryl methyl sites for hydroxylation is 2. The molecule has 1 atom stereocenters. The maximum Gasteiger partial charge on any atom is 0.239 e. The molecule has 9 heteroatoms.